The number of aryl methyl sites for hydroxylation is 2. The third kappa shape index (κ3) is 7.29. The third-order valence-electron chi connectivity index (χ3n) is 8.21. The lowest BCUT2D eigenvalue weighted by atomic mass is 9.81. The number of hydrogen-bond acceptors (Lipinski definition) is 5. The Kier molecular flexibility index (Phi) is 9.05. The molecule has 1 N–H and O–H groups in total. The normalized spacial score (nSPS) is 18.9. The molecule has 0 radical (unpaired) electrons. The molecule has 0 spiro atoms. The molecule has 0 aliphatic carbocycles. The number of piperidine rings is 1. The van der Waals surface area contributed by atoms with Gasteiger partial charge in [-0.15, -0.1) is 0 Å². The number of nitrogens with zero attached hydrogens (tertiary/aromatic N) is 3. The van der Waals surface area contributed by atoms with E-state index in [1.165, 1.54) is 17.7 Å². The molecule has 1 atom stereocenters. The fourth-order valence-electron chi connectivity index (χ4n) is 5.87. The molecule has 6 nitrogen and oxygen atoms in total. The fourth-order valence-corrected chi connectivity index (χ4v) is 5.87. The van der Waals surface area contributed by atoms with E-state index in [2.05, 4.69) is 29.7 Å². The molecule has 4 rings (SSSR count). The highest BCUT2D eigenvalue weighted by Gasteiger charge is 2.37. The van der Waals surface area contributed by atoms with Crippen molar-refractivity contribution in [2.75, 3.05) is 37.6 Å². The van der Waals surface area contributed by atoms with Gasteiger partial charge in [0.05, 0.1) is 11.3 Å². The summed E-state index contributed by atoms with van der Waals surface area (Å²) in [6.07, 6.45) is 5.00. The lowest BCUT2D eigenvalue weighted by molar-refractivity contribution is -0.160. The van der Waals surface area contributed by atoms with Crippen LogP contribution >= 0.6 is 0 Å². The zero-order valence-corrected chi connectivity index (χ0v) is 25.3. The van der Waals surface area contributed by atoms with E-state index in [1.807, 2.05) is 46.8 Å². The van der Waals surface area contributed by atoms with Gasteiger partial charge in [-0.05, 0) is 89.0 Å². The van der Waals surface area contributed by atoms with Crippen molar-refractivity contribution in [2.45, 2.75) is 85.9 Å². The first-order valence-corrected chi connectivity index (χ1v) is 14.6. The van der Waals surface area contributed by atoms with Gasteiger partial charge in [-0.2, -0.15) is 0 Å². The summed E-state index contributed by atoms with van der Waals surface area (Å²) in [7, 11) is 0. The highest BCUT2D eigenvalue weighted by molar-refractivity contribution is 5.86. The highest BCUT2D eigenvalue weighted by Crippen LogP contribution is 2.44. The van der Waals surface area contributed by atoms with E-state index < -0.39 is 17.7 Å². The summed E-state index contributed by atoms with van der Waals surface area (Å²) >= 11 is 0. The molecule has 1 fully saturated rings. The topological polar surface area (TPSA) is 65.9 Å². The molecular formula is C33H46FN3O3. The molecule has 0 saturated carbocycles. The summed E-state index contributed by atoms with van der Waals surface area (Å²) in [5, 5.41) is 10.4. The first-order chi connectivity index (χ1) is 18.7. The zero-order valence-electron chi connectivity index (χ0n) is 25.3. The van der Waals surface area contributed by atoms with Crippen molar-refractivity contribution >= 4 is 17.2 Å². The van der Waals surface area contributed by atoms with Gasteiger partial charge in [0.1, 0.15) is 5.82 Å². The van der Waals surface area contributed by atoms with Gasteiger partial charge in [-0.1, -0.05) is 32.1 Å². The number of ether oxygens (including phenoxy) is 1. The average Bonchev–Trinajstić information content (AvgIpc) is 2.87. The average molecular weight is 552 g/mol. The quantitative estimate of drug-likeness (QED) is 0.392. The van der Waals surface area contributed by atoms with Gasteiger partial charge in [-0.3, -0.25) is 9.88 Å². The standard InChI is InChI=1S/C33H46FN3O3/c1-22-27(25-13-18-36(19-14-25)17-12-24-8-10-26(34)11-9-24)29(37-20-15-33(6,7)16-21-37)28(23(2)35-22)30(31(38)39)40-32(3,4)5/h8-11,13,30H,12,14-21H2,1-7H3,(H,38,39)/t30-/m0/s1. The highest BCUT2D eigenvalue weighted by atomic mass is 19.1. The van der Waals surface area contributed by atoms with Gasteiger partial charge in [0, 0.05) is 55.2 Å². The number of halogens is 1. The van der Waals surface area contributed by atoms with Gasteiger partial charge in [0.2, 0.25) is 0 Å². The maximum absolute atomic E-state index is 13.3. The first-order valence-electron chi connectivity index (χ1n) is 14.6. The van der Waals surface area contributed by atoms with Crippen molar-refractivity contribution < 1.29 is 19.0 Å². The Labute approximate surface area is 239 Å². The number of carboxylic acid groups (broad SMARTS) is 1. The number of benzene rings is 1. The number of carbonyl (C=O) groups is 1. The number of anilines is 1. The van der Waals surface area contributed by atoms with Gasteiger partial charge < -0.3 is 14.7 Å². The van der Waals surface area contributed by atoms with Crippen LogP contribution < -0.4 is 4.90 Å². The summed E-state index contributed by atoms with van der Waals surface area (Å²) in [5.74, 6) is -1.19. The van der Waals surface area contributed by atoms with Gasteiger partial charge in [0.15, 0.2) is 6.10 Å². The zero-order chi connectivity index (χ0) is 29.2. The Morgan fingerprint density at radius 2 is 1.75 bits per heavy atom. The third-order valence-corrected chi connectivity index (χ3v) is 8.21. The summed E-state index contributed by atoms with van der Waals surface area (Å²) in [4.78, 5) is 22.4. The minimum atomic E-state index is -1.10. The molecule has 0 amide bonds. The summed E-state index contributed by atoms with van der Waals surface area (Å²) in [5.41, 5.74) is 6.39. The maximum atomic E-state index is 13.3. The molecule has 1 aromatic heterocycles. The first kappa shape index (κ1) is 30.2. The number of aliphatic carboxylic acids is 1. The van der Waals surface area contributed by atoms with Crippen LogP contribution in [0.3, 0.4) is 0 Å². The van der Waals surface area contributed by atoms with Crippen molar-refractivity contribution in [2.24, 2.45) is 5.41 Å². The van der Waals surface area contributed by atoms with Crippen LogP contribution in [-0.2, 0) is 16.0 Å². The summed E-state index contributed by atoms with van der Waals surface area (Å²) in [6.45, 7) is 18.6. The van der Waals surface area contributed by atoms with Crippen molar-refractivity contribution in [3.63, 3.8) is 0 Å². The lowest BCUT2D eigenvalue weighted by Gasteiger charge is -2.41. The predicted molar refractivity (Wildman–Crippen MR) is 159 cm³/mol. The number of rotatable bonds is 8. The minimum absolute atomic E-state index is 0.207. The second-order valence-corrected chi connectivity index (χ2v) is 13.2. The molecule has 0 unspecified atom stereocenters. The number of carboxylic acids is 1. The molecule has 0 bridgehead atoms. The number of hydrogen-bond donors (Lipinski definition) is 1. The van der Waals surface area contributed by atoms with Crippen LogP contribution in [0.2, 0.25) is 0 Å². The van der Waals surface area contributed by atoms with Crippen LogP contribution in [0.4, 0.5) is 10.1 Å². The predicted octanol–water partition coefficient (Wildman–Crippen LogP) is 6.74. The van der Waals surface area contributed by atoms with Crippen molar-refractivity contribution in [1.29, 1.82) is 0 Å². The fraction of sp³-hybridized carbons (Fsp3) is 0.576. The number of aromatic nitrogens is 1. The summed E-state index contributed by atoms with van der Waals surface area (Å²) < 4.78 is 19.5. The Morgan fingerprint density at radius 3 is 2.30 bits per heavy atom. The molecule has 40 heavy (non-hydrogen) atoms. The van der Waals surface area contributed by atoms with Crippen LogP contribution in [-0.4, -0.2) is 59.3 Å². The maximum Gasteiger partial charge on any atom is 0.337 e. The Hall–Kier alpha value is -2.77. The molecule has 1 saturated heterocycles. The Balaban J connectivity index is 1.70. The van der Waals surface area contributed by atoms with Gasteiger partial charge in [0.25, 0.3) is 0 Å². The second-order valence-electron chi connectivity index (χ2n) is 13.2. The monoisotopic (exact) mass is 551 g/mol. The SMILES string of the molecule is Cc1nc(C)c([C@H](OC(C)(C)C)C(=O)O)c(N2CCC(C)(C)CC2)c1C1=CCN(CCc2ccc(F)cc2)CC1. The largest absolute Gasteiger partial charge is 0.479 e. The van der Waals surface area contributed by atoms with E-state index in [9.17, 15) is 14.3 Å². The van der Waals surface area contributed by atoms with Crippen LogP contribution in [0.5, 0.6) is 0 Å². The molecule has 1 aromatic carbocycles. The van der Waals surface area contributed by atoms with Gasteiger partial charge >= 0.3 is 5.97 Å². The van der Waals surface area contributed by atoms with E-state index in [1.54, 1.807) is 0 Å². The van der Waals surface area contributed by atoms with Crippen LogP contribution in [0, 0.1) is 25.1 Å². The van der Waals surface area contributed by atoms with Crippen molar-refractivity contribution in [3.8, 4) is 0 Å². The van der Waals surface area contributed by atoms with E-state index in [4.69, 9.17) is 9.72 Å². The van der Waals surface area contributed by atoms with Crippen LogP contribution in [0.25, 0.3) is 5.57 Å². The molecule has 2 aromatic rings. The van der Waals surface area contributed by atoms with E-state index in [-0.39, 0.29) is 11.2 Å². The molecular weight excluding hydrogens is 505 g/mol. The Morgan fingerprint density at radius 1 is 1.10 bits per heavy atom. The molecule has 3 heterocycles. The number of pyridine rings is 1. The molecule has 7 heteroatoms. The van der Waals surface area contributed by atoms with Crippen molar-refractivity contribution in [3.05, 3.63) is 64.2 Å². The lowest BCUT2D eigenvalue weighted by Crippen LogP contribution is -2.40. The van der Waals surface area contributed by atoms with E-state index in [0.717, 1.165) is 86.6 Å². The minimum Gasteiger partial charge on any atom is -0.479 e. The molecule has 218 valence electrons. The van der Waals surface area contributed by atoms with E-state index >= 15 is 0 Å². The molecule has 2 aliphatic rings. The second kappa shape index (κ2) is 12.0. The van der Waals surface area contributed by atoms with Crippen LogP contribution in [0.15, 0.2) is 30.3 Å². The van der Waals surface area contributed by atoms with Gasteiger partial charge in [-0.25, -0.2) is 9.18 Å². The van der Waals surface area contributed by atoms with E-state index in [0.29, 0.717) is 5.56 Å². The smallest absolute Gasteiger partial charge is 0.337 e. The van der Waals surface area contributed by atoms with Crippen LogP contribution in [0.1, 0.15) is 88.1 Å². The summed E-state index contributed by atoms with van der Waals surface area (Å²) in [6, 6.07) is 6.75. The Bertz CT molecular complexity index is 1240. The molecule has 2 aliphatic heterocycles. The van der Waals surface area contributed by atoms with Crippen molar-refractivity contribution in [1.82, 2.24) is 9.88 Å².